The molecule has 0 radical (unpaired) electrons. The van der Waals surface area contributed by atoms with E-state index in [0.717, 1.165) is 24.5 Å². The maximum atomic E-state index is 13.6. The van der Waals surface area contributed by atoms with Crippen molar-refractivity contribution in [2.45, 2.75) is 18.7 Å². The minimum absolute atomic E-state index is 0.0729. The lowest BCUT2D eigenvalue weighted by atomic mass is 9.89. The SMILES string of the molecule is O=C1NC(=O)[C@](Cn2cc3cc(OCc4ccnc(N5CCOCC5)c4)ccc3c2O)(c2ccc(F)cc2)N1. The van der Waals surface area contributed by atoms with Crippen molar-refractivity contribution < 1.29 is 28.6 Å². The number of ether oxygens (including phenoxy) is 2. The molecule has 3 N–H and O–H groups in total. The fourth-order valence-electron chi connectivity index (χ4n) is 5.02. The first kappa shape index (κ1) is 24.7. The number of fused-ring (bicyclic) bond motifs is 1. The van der Waals surface area contributed by atoms with Gasteiger partial charge in [-0.15, -0.1) is 0 Å². The molecule has 2 aliphatic rings. The van der Waals surface area contributed by atoms with Gasteiger partial charge in [0.15, 0.2) is 11.4 Å². The van der Waals surface area contributed by atoms with Gasteiger partial charge in [-0.2, -0.15) is 0 Å². The summed E-state index contributed by atoms with van der Waals surface area (Å²) in [5, 5.41) is 17.1. The Labute approximate surface area is 223 Å². The van der Waals surface area contributed by atoms with Gasteiger partial charge in [0.05, 0.1) is 19.8 Å². The molecule has 6 rings (SSSR count). The number of carbonyl (C=O) groups excluding carboxylic acids is 2. The summed E-state index contributed by atoms with van der Waals surface area (Å²) in [6.07, 6.45) is 3.45. The van der Waals surface area contributed by atoms with E-state index in [-0.39, 0.29) is 12.4 Å². The van der Waals surface area contributed by atoms with Gasteiger partial charge >= 0.3 is 6.03 Å². The van der Waals surface area contributed by atoms with Crippen molar-refractivity contribution in [1.29, 1.82) is 0 Å². The zero-order valence-electron chi connectivity index (χ0n) is 20.9. The van der Waals surface area contributed by atoms with Crippen LogP contribution in [0.5, 0.6) is 11.6 Å². The fourth-order valence-corrected chi connectivity index (χ4v) is 5.02. The van der Waals surface area contributed by atoms with Crippen LogP contribution in [0, 0.1) is 5.82 Å². The summed E-state index contributed by atoms with van der Waals surface area (Å²) >= 11 is 0. The maximum Gasteiger partial charge on any atom is 0.322 e. The third-order valence-electron chi connectivity index (χ3n) is 7.07. The number of aromatic nitrogens is 2. The van der Waals surface area contributed by atoms with Gasteiger partial charge in [-0.25, -0.2) is 14.2 Å². The number of urea groups is 1. The molecular weight excluding hydrogens is 505 g/mol. The Balaban J connectivity index is 1.23. The summed E-state index contributed by atoms with van der Waals surface area (Å²) in [6, 6.07) is 13.9. The average molecular weight is 532 g/mol. The molecule has 2 aliphatic heterocycles. The van der Waals surface area contributed by atoms with E-state index in [1.54, 1.807) is 30.6 Å². The van der Waals surface area contributed by atoms with E-state index >= 15 is 0 Å². The van der Waals surface area contributed by atoms with Gasteiger partial charge in [-0.1, -0.05) is 12.1 Å². The number of imide groups is 1. The highest BCUT2D eigenvalue weighted by atomic mass is 19.1. The van der Waals surface area contributed by atoms with Gasteiger partial charge in [-0.05, 0) is 53.6 Å². The van der Waals surface area contributed by atoms with Crippen LogP contribution in [0.1, 0.15) is 11.1 Å². The Morgan fingerprint density at radius 2 is 1.87 bits per heavy atom. The Bertz CT molecular complexity index is 1550. The average Bonchev–Trinajstić information content (AvgIpc) is 3.42. The summed E-state index contributed by atoms with van der Waals surface area (Å²) in [5.41, 5.74) is -0.158. The van der Waals surface area contributed by atoms with Crippen molar-refractivity contribution in [3.8, 4) is 11.6 Å². The second-order valence-electron chi connectivity index (χ2n) is 9.56. The van der Waals surface area contributed by atoms with Crippen molar-refractivity contribution in [3.05, 3.63) is 83.9 Å². The number of pyridine rings is 1. The predicted molar refractivity (Wildman–Crippen MR) is 140 cm³/mol. The molecule has 4 heterocycles. The van der Waals surface area contributed by atoms with Crippen LogP contribution in [0.4, 0.5) is 15.0 Å². The van der Waals surface area contributed by atoms with Crippen molar-refractivity contribution in [2.75, 3.05) is 31.2 Å². The van der Waals surface area contributed by atoms with Crippen molar-refractivity contribution in [3.63, 3.8) is 0 Å². The second-order valence-corrected chi connectivity index (χ2v) is 9.56. The summed E-state index contributed by atoms with van der Waals surface area (Å²) in [7, 11) is 0. The minimum Gasteiger partial charge on any atom is -0.494 e. The highest BCUT2D eigenvalue weighted by Crippen LogP contribution is 2.35. The molecule has 10 nitrogen and oxygen atoms in total. The van der Waals surface area contributed by atoms with Gasteiger partial charge in [0, 0.05) is 36.3 Å². The third-order valence-corrected chi connectivity index (χ3v) is 7.07. The molecule has 2 aromatic carbocycles. The lowest BCUT2D eigenvalue weighted by Crippen LogP contribution is -2.47. The van der Waals surface area contributed by atoms with Crippen LogP contribution < -0.4 is 20.3 Å². The number of nitrogens with zero attached hydrogens (tertiary/aromatic N) is 3. The smallest absolute Gasteiger partial charge is 0.322 e. The molecule has 0 spiro atoms. The van der Waals surface area contributed by atoms with Crippen LogP contribution in [0.2, 0.25) is 0 Å². The quantitative estimate of drug-likeness (QED) is 0.314. The van der Waals surface area contributed by atoms with E-state index in [4.69, 9.17) is 9.47 Å². The highest BCUT2D eigenvalue weighted by molar-refractivity contribution is 6.07. The molecule has 0 bridgehead atoms. The number of rotatable bonds is 7. The first-order valence-electron chi connectivity index (χ1n) is 12.5. The number of nitrogens with one attached hydrogen (secondary N) is 2. The van der Waals surface area contributed by atoms with Crippen LogP contribution in [0.25, 0.3) is 10.8 Å². The lowest BCUT2D eigenvalue weighted by molar-refractivity contribution is -0.124. The molecule has 11 heteroatoms. The Hall–Kier alpha value is -4.64. The number of aromatic hydroxyl groups is 1. The molecule has 0 saturated carbocycles. The molecule has 39 heavy (non-hydrogen) atoms. The first-order valence-corrected chi connectivity index (χ1v) is 12.5. The summed E-state index contributed by atoms with van der Waals surface area (Å²) in [6.45, 7) is 3.17. The van der Waals surface area contributed by atoms with E-state index in [1.807, 2.05) is 12.1 Å². The van der Waals surface area contributed by atoms with Gasteiger partial charge in [0.1, 0.15) is 24.0 Å². The van der Waals surface area contributed by atoms with Crippen LogP contribution in [-0.2, 0) is 28.2 Å². The van der Waals surface area contributed by atoms with E-state index in [0.29, 0.717) is 41.9 Å². The van der Waals surface area contributed by atoms with Gasteiger partial charge in [0.2, 0.25) is 0 Å². The lowest BCUT2D eigenvalue weighted by Gasteiger charge is -2.28. The monoisotopic (exact) mass is 531 g/mol. The molecule has 0 aliphatic carbocycles. The van der Waals surface area contributed by atoms with E-state index < -0.39 is 23.3 Å². The summed E-state index contributed by atoms with van der Waals surface area (Å²) in [5.74, 6) is 0.356. The molecule has 4 aromatic rings. The third kappa shape index (κ3) is 4.72. The molecule has 1 atom stereocenters. The molecule has 200 valence electrons. The van der Waals surface area contributed by atoms with Crippen LogP contribution in [-0.4, -0.2) is 52.9 Å². The van der Waals surface area contributed by atoms with Gasteiger partial charge < -0.3 is 29.4 Å². The van der Waals surface area contributed by atoms with Crippen LogP contribution in [0.15, 0.2) is 67.0 Å². The number of benzene rings is 2. The predicted octanol–water partition coefficient (Wildman–Crippen LogP) is 3.03. The standard InChI is InChI=1S/C28H26FN5O5/c29-21-3-1-20(2-4-21)28(26(36)31-27(37)32-28)17-34-15-19-14-22(5-6-23(19)25(34)35)39-16-18-7-8-30-24(13-18)33-9-11-38-12-10-33/h1-8,13-15,35H,9-12,16-17H2,(H2,31,32,36,37)/t28-/m0/s1. The first-order chi connectivity index (χ1) is 18.9. The number of amides is 3. The molecular formula is C28H26FN5O5. The Morgan fingerprint density at radius 1 is 1.08 bits per heavy atom. The number of halogens is 1. The Morgan fingerprint density at radius 3 is 2.62 bits per heavy atom. The van der Waals surface area contributed by atoms with Crippen molar-refractivity contribution in [1.82, 2.24) is 20.2 Å². The normalized spacial score (nSPS) is 19.3. The molecule has 2 aromatic heterocycles. The molecule has 2 fully saturated rings. The van der Waals surface area contributed by atoms with Crippen molar-refractivity contribution in [2.24, 2.45) is 0 Å². The van der Waals surface area contributed by atoms with E-state index in [2.05, 4.69) is 20.5 Å². The topological polar surface area (TPSA) is 118 Å². The fraction of sp³-hybridized carbons (Fsp3) is 0.250. The summed E-state index contributed by atoms with van der Waals surface area (Å²) < 4.78 is 26.5. The number of hydrogen-bond acceptors (Lipinski definition) is 7. The zero-order chi connectivity index (χ0) is 27.0. The number of morpholine rings is 1. The highest BCUT2D eigenvalue weighted by Gasteiger charge is 2.48. The largest absolute Gasteiger partial charge is 0.494 e. The van der Waals surface area contributed by atoms with Gasteiger partial charge in [0.25, 0.3) is 5.91 Å². The summed E-state index contributed by atoms with van der Waals surface area (Å²) in [4.78, 5) is 31.6. The zero-order valence-corrected chi connectivity index (χ0v) is 20.9. The molecule has 0 unspecified atom stereocenters. The number of carbonyl (C=O) groups is 2. The number of hydrogen-bond donors (Lipinski definition) is 3. The molecule has 3 amide bonds. The second kappa shape index (κ2) is 9.91. The molecule has 2 saturated heterocycles. The van der Waals surface area contributed by atoms with Crippen LogP contribution >= 0.6 is 0 Å². The van der Waals surface area contributed by atoms with Crippen molar-refractivity contribution >= 4 is 28.5 Å². The van der Waals surface area contributed by atoms with Gasteiger partial charge in [-0.3, -0.25) is 10.1 Å². The Kier molecular flexibility index (Phi) is 6.27. The van der Waals surface area contributed by atoms with Crippen LogP contribution in [0.3, 0.4) is 0 Å². The number of anilines is 1. The minimum atomic E-state index is -1.52. The van der Waals surface area contributed by atoms with E-state index in [1.165, 1.54) is 28.8 Å². The van der Waals surface area contributed by atoms with E-state index in [9.17, 15) is 19.1 Å². The maximum absolute atomic E-state index is 13.6.